The van der Waals surface area contributed by atoms with Gasteiger partial charge in [-0.2, -0.15) is 13.2 Å². The van der Waals surface area contributed by atoms with Gasteiger partial charge in [0.05, 0.1) is 12.2 Å². The molecule has 0 bridgehead atoms. The largest absolute Gasteiger partial charge is 0.493 e. The van der Waals surface area contributed by atoms with Gasteiger partial charge in [-0.15, -0.1) is 0 Å². The standard InChI is InChI=1S/C11H12BrF3O/c1-7(2)6-16-10-4-8(11(13,14)15)3-9(12)5-10/h3-5,7H,6H2,1-2H3. The summed E-state index contributed by atoms with van der Waals surface area (Å²) in [5.41, 5.74) is -0.708. The first-order valence-electron chi connectivity index (χ1n) is 4.79. The molecule has 0 amide bonds. The van der Waals surface area contributed by atoms with Crippen LogP contribution in [0.5, 0.6) is 5.75 Å². The van der Waals surface area contributed by atoms with E-state index in [1.165, 1.54) is 6.07 Å². The van der Waals surface area contributed by atoms with Crippen LogP contribution in [-0.2, 0) is 6.18 Å². The molecule has 1 rings (SSSR count). The molecule has 5 heteroatoms. The molecule has 0 aliphatic heterocycles. The van der Waals surface area contributed by atoms with Crippen LogP contribution in [0.25, 0.3) is 0 Å². The van der Waals surface area contributed by atoms with Crippen molar-refractivity contribution in [2.45, 2.75) is 20.0 Å². The van der Waals surface area contributed by atoms with E-state index in [9.17, 15) is 13.2 Å². The predicted molar refractivity (Wildman–Crippen MR) is 59.5 cm³/mol. The quantitative estimate of drug-likeness (QED) is 0.798. The summed E-state index contributed by atoms with van der Waals surface area (Å²) in [5, 5.41) is 0. The summed E-state index contributed by atoms with van der Waals surface area (Å²) < 4.78 is 43.0. The minimum absolute atomic E-state index is 0.232. The lowest BCUT2D eigenvalue weighted by molar-refractivity contribution is -0.137. The summed E-state index contributed by atoms with van der Waals surface area (Å²) in [7, 11) is 0. The summed E-state index contributed by atoms with van der Waals surface area (Å²) >= 11 is 3.03. The van der Waals surface area contributed by atoms with Crippen molar-refractivity contribution in [2.75, 3.05) is 6.61 Å². The number of benzene rings is 1. The highest BCUT2D eigenvalue weighted by molar-refractivity contribution is 9.10. The zero-order chi connectivity index (χ0) is 12.3. The zero-order valence-corrected chi connectivity index (χ0v) is 10.5. The minimum Gasteiger partial charge on any atom is -0.493 e. The lowest BCUT2D eigenvalue weighted by Gasteiger charge is -2.12. The Hall–Kier alpha value is -0.710. The van der Waals surface area contributed by atoms with Crippen molar-refractivity contribution in [2.24, 2.45) is 5.92 Å². The van der Waals surface area contributed by atoms with Gasteiger partial charge in [0.2, 0.25) is 0 Å². The third-order valence-electron chi connectivity index (χ3n) is 1.78. The molecule has 0 aliphatic carbocycles. The van der Waals surface area contributed by atoms with Gasteiger partial charge < -0.3 is 4.74 Å². The summed E-state index contributed by atoms with van der Waals surface area (Å²) in [6.07, 6.45) is -4.35. The van der Waals surface area contributed by atoms with Crippen LogP contribution >= 0.6 is 15.9 Å². The molecule has 0 spiro atoms. The summed E-state index contributed by atoms with van der Waals surface area (Å²) in [6, 6.07) is 3.56. The van der Waals surface area contributed by atoms with Crippen molar-refractivity contribution in [3.63, 3.8) is 0 Å². The van der Waals surface area contributed by atoms with Gasteiger partial charge in [0, 0.05) is 4.47 Å². The maximum Gasteiger partial charge on any atom is 0.416 e. The molecule has 0 fully saturated rings. The molecule has 90 valence electrons. The molecule has 0 saturated heterocycles. The highest BCUT2D eigenvalue weighted by atomic mass is 79.9. The third kappa shape index (κ3) is 4.04. The van der Waals surface area contributed by atoms with Crippen molar-refractivity contribution in [1.82, 2.24) is 0 Å². The molecule has 0 N–H and O–H groups in total. The molecule has 1 aromatic carbocycles. The van der Waals surface area contributed by atoms with Crippen molar-refractivity contribution in [3.8, 4) is 5.75 Å². The van der Waals surface area contributed by atoms with Gasteiger partial charge >= 0.3 is 6.18 Å². The number of hydrogen-bond acceptors (Lipinski definition) is 1. The molecule has 0 saturated carbocycles. The van der Waals surface area contributed by atoms with Gasteiger partial charge in [0.15, 0.2) is 0 Å². The Kier molecular flexibility index (Phi) is 4.24. The van der Waals surface area contributed by atoms with Crippen LogP contribution in [0, 0.1) is 5.92 Å². The highest BCUT2D eigenvalue weighted by Gasteiger charge is 2.31. The number of hydrogen-bond donors (Lipinski definition) is 0. The van der Waals surface area contributed by atoms with Crippen LogP contribution in [0.2, 0.25) is 0 Å². The molecule has 0 radical (unpaired) electrons. The van der Waals surface area contributed by atoms with Gasteiger partial charge in [-0.3, -0.25) is 0 Å². The number of alkyl halides is 3. The van der Waals surface area contributed by atoms with E-state index in [-0.39, 0.29) is 11.7 Å². The van der Waals surface area contributed by atoms with Gasteiger partial charge in [-0.25, -0.2) is 0 Å². The summed E-state index contributed by atoms with van der Waals surface area (Å²) in [4.78, 5) is 0. The average molecular weight is 297 g/mol. The second-order valence-corrected chi connectivity index (χ2v) is 4.79. The first kappa shape index (κ1) is 13.4. The molecule has 0 heterocycles. The fourth-order valence-corrected chi connectivity index (χ4v) is 1.54. The number of halogens is 4. The molecule has 0 aliphatic rings. The predicted octanol–water partition coefficient (Wildman–Crippen LogP) is 4.50. The molecule has 1 aromatic rings. The molecular weight excluding hydrogens is 285 g/mol. The van der Waals surface area contributed by atoms with Gasteiger partial charge in [0.1, 0.15) is 5.75 Å². The van der Waals surface area contributed by atoms with Crippen LogP contribution in [-0.4, -0.2) is 6.61 Å². The van der Waals surface area contributed by atoms with Gasteiger partial charge in [-0.1, -0.05) is 29.8 Å². The third-order valence-corrected chi connectivity index (χ3v) is 2.24. The van der Waals surface area contributed by atoms with E-state index in [2.05, 4.69) is 15.9 Å². The van der Waals surface area contributed by atoms with E-state index in [0.29, 0.717) is 11.1 Å². The Morgan fingerprint density at radius 3 is 2.38 bits per heavy atom. The molecule has 0 aromatic heterocycles. The Labute approximate surface area is 101 Å². The van der Waals surface area contributed by atoms with Crippen LogP contribution in [0.1, 0.15) is 19.4 Å². The molecule has 16 heavy (non-hydrogen) atoms. The smallest absolute Gasteiger partial charge is 0.416 e. The van der Waals surface area contributed by atoms with E-state index in [0.717, 1.165) is 12.1 Å². The van der Waals surface area contributed by atoms with Crippen LogP contribution < -0.4 is 4.74 Å². The van der Waals surface area contributed by atoms with E-state index in [4.69, 9.17) is 4.74 Å². The van der Waals surface area contributed by atoms with E-state index in [1.54, 1.807) is 0 Å². The SMILES string of the molecule is CC(C)COc1cc(Br)cc(C(F)(F)F)c1. The molecule has 1 nitrogen and oxygen atoms in total. The van der Waals surface area contributed by atoms with Crippen LogP contribution in [0.4, 0.5) is 13.2 Å². The number of rotatable bonds is 3. The zero-order valence-electron chi connectivity index (χ0n) is 8.94. The fraction of sp³-hybridized carbons (Fsp3) is 0.455. The normalized spacial score (nSPS) is 11.9. The van der Waals surface area contributed by atoms with Crippen LogP contribution in [0.3, 0.4) is 0 Å². The minimum atomic E-state index is -4.35. The molecule has 0 unspecified atom stereocenters. The van der Waals surface area contributed by atoms with Crippen molar-refractivity contribution in [1.29, 1.82) is 0 Å². The summed E-state index contributed by atoms with van der Waals surface area (Å²) in [6.45, 7) is 4.26. The summed E-state index contributed by atoms with van der Waals surface area (Å²) in [5.74, 6) is 0.503. The Bertz CT molecular complexity index is 361. The maximum atomic E-state index is 12.5. The first-order valence-corrected chi connectivity index (χ1v) is 5.59. The molecular formula is C11H12BrF3O. The van der Waals surface area contributed by atoms with Gasteiger partial charge in [0.25, 0.3) is 0 Å². The average Bonchev–Trinajstić information content (AvgIpc) is 2.12. The van der Waals surface area contributed by atoms with E-state index in [1.807, 2.05) is 13.8 Å². The second-order valence-electron chi connectivity index (χ2n) is 3.88. The Morgan fingerprint density at radius 2 is 1.88 bits per heavy atom. The fourth-order valence-electron chi connectivity index (χ4n) is 1.07. The Balaban J connectivity index is 2.90. The van der Waals surface area contributed by atoms with Crippen LogP contribution in [0.15, 0.2) is 22.7 Å². The first-order chi connectivity index (χ1) is 7.29. The monoisotopic (exact) mass is 296 g/mol. The topological polar surface area (TPSA) is 9.23 Å². The van der Waals surface area contributed by atoms with Crippen molar-refractivity contribution < 1.29 is 17.9 Å². The lowest BCUT2D eigenvalue weighted by atomic mass is 10.2. The van der Waals surface area contributed by atoms with E-state index < -0.39 is 11.7 Å². The highest BCUT2D eigenvalue weighted by Crippen LogP contribution is 2.34. The van der Waals surface area contributed by atoms with Crippen molar-refractivity contribution >= 4 is 15.9 Å². The molecule has 0 atom stereocenters. The van der Waals surface area contributed by atoms with E-state index >= 15 is 0 Å². The van der Waals surface area contributed by atoms with Gasteiger partial charge in [-0.05, 0) is 24.1 Å². The number of ether oxygens (including phenoxy) is 1. The Morgan fingerprint density at radius 1 is 1.25 bits per heavy atom. The maximum absolute atomic E-state index is 12.5. The second kappa shape index (κ2) is 5.08. The van der Waals surface area contributed by atoms with Crippen molar-refractivity contribution in [3.05, 3.63) is 28.2 Å². The lowest BCUT2D eigenvalue weighted by Crippen LogP contribution is -2.08.